The monoisotopic (exact) mass is 278 g/mol. The van der Waals surface area contributed by atoms with Gasteiger partial charge in [-0.05, 0) is 52.4 Å². The summed E-state index contributed by atoms with van der Waals surface area (Å²) in [5, 5.41) is 14.3. The molecule has 0 amide bonds. The van der Waals surface area contributed by atoms with Crippen molar-refractivity contribution in [1.82, 2.24) is 0 Å². The van der Waals surface area contributed by atoms with Gasteiger partial charge in [-0.15, -0.1) is 0 Å². The van der Waals surface area contributed by atoms with Crippen LogP contribution in [-0.2, 0) is 6.42 Å². The molecule has 0 radical (unpaired) electrons. The largest absolute Gasteiger partial charge is 0.396 e. The molecule has 0 heterocycles. The Bertz CT molecular complexity index is 676. The number of aryl methyl sites for hydroxylation is 1. The number of rotatable bonds is 6. The molecule has 0 saturated heterocycles. The molecule has 1 nitrogen and oxygen atoms in total. The number of fused-ring (bicyclic) bond motifs is 2. The Labute approximate surface area is 126 Å². The maximum Gasteiger partial charge on any atom is 0.0431 e. The van der Waals surface area contributed by atoms with E-state index in [4.69, 9.17) is 5.11 Å². The third-order valence-electron chi connectivity index (χ3n) is 4.22. The minimum atomic E-state index is 0.317. The number of unbranched alkanes of at least 4 members (excludes halogenated alkanes) is 3. The molecule has 0 aliphatic carbocycles. The highest BCUT2D eigenvalue weighted by Gasteiger charge is 2.06. The molecule has 108 valence electrons. The van der Waals surface area contributed by atoms with Gasteiger partial charge >= 0.3 is 0 Å². The topological polar surface area (TPSA) is 20.2 Å². The lowest BCUT2D eigenvalue weighted by atomic mass is 9.93. The third-order valence-corrected chi connectivity index (χ3v) is 4.22. The van der Waals surface area contributed by atoms with Crippen LogP contribution in [-0.4, -0.2) is 11.7 Å². The van der Waals surface area contributed by atoms with Crippen LogP contribution in [0.2, 0.25) is 0 Å². The highest BCUT2D eigenvalue weighted by atomic mass is 16.2. The lowest BCUT2D eigenvalue weighted by molar-refractivity contribution is 0.282. The molecule has 0 fully saturated rings. The molecule has 1 heteroatoms. The summed E-state index contributed by atoms with van der Waals surface area (Å²) >= 11 is 0. The highest BCUT2D eigenvalue weighted by molar-refractivity contribution is 6.02. The zero-order chi connectivity index (χ0) is 14.5. The average Bonchev–Trinajstić information content (AvgIpc) is 2.53. The number of hydrogen-bond donors (Lipinski definition) is 1. The van der Waals surface area contributed by atoms with Gasteiger partial charge in [0.05, 0.1) is 0 Å². The van der Waals surface area contributed by atoms with Gasteiger partial charge in [-0.25, -0.2) is 0 Å². The summed E-state index contributed by atoms with van der Waals surface area (Å²) < 4.78 is 0. The van der Waals surface area contributed by atoms with Gasteiger partial charge in [0.2, 0.25) is 0 Å². The summed E-state index contributed by atoms with van der Waals surface area (Å²) in [5.74, 6) is 0. The van der Waals surface area contributed by atoms with E-state index in [2.05, 4.69) is 54.6 Å². The van der Waals surface area contributed by atoms with Gasteiger partial charge in [0.15, 0.2) is 0 Å². The van der Waals surface area contributed by atoms with Crippen LogP contribution < -0.4 is 0 Å². The van der Waals surface area contributed by atoms with Crippen molar-refractivity contribution in [1.29, 1.82) is 0 Å². The van der Waals surface area contributed by atoms with E-state index < -0.39 is 0 Å². The van der Waals surface area contributed by atoms with Gasteiger partial charge in [-0.3, -0.25) is 0 Å². The minimum Gasteiger partial charge on any atom is -0.396 e. The predicted molar refractivity (Wildman–Crippen MR) is 90.7 cm³/mol. The molecular weight excluding hydrogens is 256 g/mol. The van der Waals surface area contributed by atoms with E-state index in [-0.39, 0.29) is 0 Å². The van der Waals surface area contributed by atoms with E-state index in [1.165, 1.54) is 39.9 Å². The standard InChI is InChI=1S/C20H22O/c21-14-8-2-1-3-13-20-18-11-6-4-9-16(18)15-17-10-5-7-12-19(17)20/h4-7,9-12,15,21H,1-3,8,13-14H2. The molecule has 3 aromatic carbocycles. The van der Waals surface area contributed by atoms with Crippen LogP contribution in [0, 0.1) is 0 Å². The van der Waals surface area contributed by atoms with Crippen LogP contribution in [0.5, 0.6) is 0 Å². The quantitative estimate of drug-likeness (QED) is 0.492. The summed E-state index contributed by atoms with van der Waals surface area (Å²) in [4.78, 5) is 0. The van der Waals surface area contributed by atoms with Crippen LogP contribution in [0.3, 0.4) is 0 Å². The number of aliphatic hydroxyl groups excluding tert-OH is 1. The molecule has 0 aliphatic heterocycles. The Hall–Kier alpha value is -1.86. The van der Waals surface area contributed by atoms with E-state index in [1.807, 2.05) is 0 Å². The molecule has 0 bridgehead atoms. The summed E-state index contributed by atoms with van der Waals surface area (Å²) in [7, 11) is 0. The first-order valence-electron chi connectivity index (χ1n) is 7.90. The fourth-order valence-electron chi connectivity index (χ4n) is 3.14. The first-order chi connectivity index (χ1) is 10.4. The second-order valence-corrected chi connectivity index (χ2v) is 5.69. The van der Waals surface area contributed by atoms with Crippen LogP contribution in [0.25, 0.3) is 21.5 Å². The van der Waals surface area contributed by atoms with Crippen LogP contribution in [0.15, 0.2) is 54.6 Å². The molecule has 0 aromatic heterocycles. The van der Waals surface area contributed by atoms with Crippen molar-refractivity contribution in [2.24, 2.45) is 0 Å². The number of aliphatic hydroxyl groups is 1. The van der Waals surface area contributed by atoms with Gasteiger partial charge in [0, 0.05) is 6.61 Å². The predicted octanol–water partition coefficient (Wildman–Crippen LogP) is 5.09. The van der Waals surface area contributed by atoms with Crippen molar-refractivity contribution in [3.05, 3.63) is 60.2 Å². The fraction of sp³-hybridized carbons (Fsp3) is 0.300. The molecule has 0 unspecified atom stereocenters. The molecule has 0 spiro atoms. The summed E-state index contributed by atoms with van der Waals surface area (Å²) in [5.41, 5.74) is 1.48. The van der Waals surface area contributed by atoms with Crippen molar-refractivity contribution in [3.8, 4) is 0 Å². The SMILES string of the molecule is OCCCCCCc1c2ccccc2cc2ccccc12. The second-order valence-electron chi connectivity index (χ2n) is 5.69. The Balaban J connectivity index is 1.96. The van der Waals surface area contributed by atoms with E-state index in [0.29, 0.717) is 6.61 Å². The smallest absolute Gasteiger partial charge is 0.0431 e. The van der Waals surface area contributed by atoms with Gasteiger partial charge < -0.3 is 5.11 Å². The third kappa shape index (κ3) is 3.08. The van der Waals surface area contributed by atoms with Crippen molar-refractivity contribution in [2.45, 2.75) is 32.1 Å². The first-order valence-corrected chi connectivity index (χ1v) is 7.90. The van der Waals surface area contributed by atoms with E-state index in [9.17, 15) is 0 Å². The Kier molecular flexibility index (Phi) is 4.52. The summed E-state index contributed by atoms with van der Waals surface area (Å²) in [6.07, 6.45) is 5.55. The highest BCUT2D eigenvalue weighted by Crippen LogP contribution is 2.29. The molecular formula is C20H22O. The zero-order valence-corrected chi connectivity index (χ0v) is 12.4. The summed E-state index contributed by atoms with van der Waals surface area (Å²) in [6, 6.07) is 19.7. The molecule has 21 heavy (non-hydrogen) atoms. The molecule has 3 aromatic rings. The Morgan fingerprint density at radius 1 is 0.667 bits per heavy atom. The van der Waals surface area contributed by atoms with Gasteiger partial charge in [-0.2, -0.15) is 0 Å². The van der Waals surface area contributed by atoms with Crippen molar-refractivity contribution < 1.29 is 5.11 Å². The molecule has 3 rings (SSSR count). The fourth-order valence-corrected chi connectivity index (χ4v) is 3.14. The van der Waals surface area contributed by atoms with Crippen molar-refractivity contribution in [3.63, 3.8) is 0 Å². The normalized spacial score (nSPS) is 11.3. The molecule has 0 saturated carbocycles. The van der Waals surface area contributed by atoms with Gasteiger partial charge in [0.25, 0.3) is 0 Å². The molecule has 0 atom stereocenters. The zero-order valence-electron chi connectivity index (χ0n) is 12.4. The van der Waals surface area contributed by atoms with Crippen molar-refractivity contribution >= 4 is 21.5 Å². The number of benzene rings is 3. The maximum absolute atomic E-state index is 8.87. The van der Waals surface area contributed by atoms with Crippen molar-refractivity contribution in [2.75, 3.05) is 6.61 Å². The summed E-state index contributed by atoms with van der Waals surface area (Å²) in [6.45, 7) is 0.317. The minimum absolute atomic E-state index is 0.317. The Morgan fingerprint density at radius 3 is 1.86 bits per heavy atom. The van der Waals surface area contributed by atoms with Crippen LogP contribution >= 0.6 is 0 Å². The van der Waals surface area contributed by atoms with Gasteiger partial charge in [0.1, 0.15) is 0 Å². The Morgan fingerprint density at radius 2 is 1.24 bits per heavy atom. The lowest BCUT2D eigenvalue weighted by Crippen LogP contribution is -1.92. The molecule has 1 N–H and O–H groups in total. The van der Waals surface area contributed by atoms with E-state index in [0.717, 1.165) is 19.3 Å². The average molecular weight is 278 g/mol. The van der Waals surface area contributed by atoms with Gasteiger partial charge in [-0.1, -0.05) is 61.4 Å². The van der Waals surface area contributed by atoms with Crippen LogP contribution in [0.1, 0.15) is 31.2 Å². The van der Waals surface area contributed by atoms with Crippen LogP contribution in [0.4, 0.5) is 0 Å². The number of hydrogen-bond acceptors (Lipinski definition) is 1. The maximum atomic E-state index is 8.87. The second kappa shape index (κ2) is 6.73. The lowest BCUT2D eigenvalue weighted by Gasteiger charge is -2.11. The van der Waals surface area contributed by atoms with E-state index >= 15 is 0 Å². The van der Waals surface area contributed by atoms with E-state index in [1.54, 1.807) is 0 Å². The molecule has 0 aliphatic rings. The first kappa shape index (κ1) is 14.1.